The van der Waals surface area contributed by atoms with Crippen LogP contribution in [-0.4, -0.2) is 26.0 Å². The predicted octanol–water partition coefficient (Wildman–Crippen LogP) is 5.47. The van der Waals surface area contributed by atoms with Gasteiger partial charge >= 0.3 is 6.03 Å². The maximum Gasteiger partial charge on any atom is 0.323 e. The molecule has 0 fully saturated rings. The molecule has 0 spiro atoms. The topological polar surface area (TPSA) is 122 Å². The Morgan fingerprint density at radius 1 is 0.971 bits per heavy atom. The number of H-pyrrole nitrogens is 1. The molecule has 180 valence electrons. The number of carbonyl (C=O) groups is 1. The number of rotatable bonds is 4. The Morgan fingerprint density at radius 2 is 1.74 bits per heavy atom. The van der Waals surface area contributed by atoms with E-state index in [4.69, 9.17) is 5.73 Å². The van der Waals surface area contributed by atoms with E-state index in [2.05, 4.69) is 30.6 Å². The lowest BCUT2D eigenvalue weighted by atomic mass is 9.96. The van der Waals surface area contributed by atoms with E-state index in [1.165, 1.54) is 18.3 Å². The first-order valence-corrected chi connectivity index (χ1v) is 10.5. The van der Waals surface area contributed by atoms with E-state index in [9.17, 15) is 18.0 Å². The van der Waals surface area contributed by atoms with E-state index in [1.807, 2.05) is 20.8 Å². The summed E-state index contributed by atoms with van der Waals surface area (Å²) in [5.74, 6) is -1.51. The molecule has 5 N–H and O–H groups in total. The average molecular weight is 481 g/mol. The van der Waals surface area contributed by atoms with Gasteiger partial charge in [0.1, 0.15) is 23.3 Å². The highest BCUT2D eigenvalue weighted by molar-refractivity contribution is 6.00. The number of halogens is 3. The van der Waals surface area contributed by atoms with E-state index in [-0.39, 0.29) is 22.7 Å². The molecule has 2 amide bonds. The summed E-state index contributed by atoms with van der Waals surface area (Å²) in [4.78, 5) is 28.4. The Labute approximate surface area is 198 Å². The van der Waals surface area contributed by atoms with Crippen LogP contribution in [-0.2, 0) is 5.41 Å². The zero-order valence-electron chi connectivity index (χ0n) is 19.1. The minimum Gasteiger partial charge on any atom is -0.368 e. The second-order valence-corrected chi connectivity index (χ2v) is 8.79. The number of aromatic amines is 1. The van der Waals surface area contributed by atoms with Crippen LogP contribution < -0.4 is 16.4 Å². The van der Waals surface area contributed by atoms with Crippen LogP contribution in [0.15, 0.2) is 48.7 Å². The first kappa shape index (κ1) is 23.7. The van der Waals surface area contributed by atoms with Gasteiger partial charge in [-0.05, 0) is 36.4 Å². The van der Waals surface area contributed by atoms with Gasteiger partial charge in [-0.1, -0.05) is 20.8 Å². The number of nitrogens with one attached hydrogen (secondary N) is 3. The number of nitrogens with two attached hydrogens (primary N) is 1. The Balaban J connectivity index is 1.71. The molecule has 0 unspecified atom stereocenters. The van der Waals surface area contributed by atoms with Crippen molar-refractivity contribution >= 4 is 23.4 Å². The number of hydrogen-bond donors (Lipinski definition) is 4. The van der Waals surface area contributed by atoms with E-state index in [0.29, 0.717) is 28.5 Å². The quantitative estimate of drug-likeness (QED) is 0.308. The second-order valence-electron chi connectivity index (χ2n) is 8.79. The van der Waals surface area contributed by atoms with Gasteiger partial charge in [-0.25, -0.2) is 32.9 Å². The zero-order valence-corrected chi connectivity index (χ0v) is 19.1. The largest absolute Gasteiger partial charge is 0.368 e. The number of amides is 2. The number of benzene rings is 2. The Morgan fingerprint density at radius 3 is 2.46 bits per heavy atom. The maximum absolute atomic E-state index is 14.6. The number of imidazole rings is 1. The molecule has 0 aliphatic carbocycles. The van der Waals surface area contributed by atoms with Crippen LogP contribution >= 0.6 is 0 Å². The van der Waals surface area contributed by atoms with Gasteiger partial charge in [0.2, 0.25) is 5.95 Å². The average Bonchev–Trinajstić information content (AvgIpc) is 3.22. The highest BCUT2D eigenvalue weighted by Crippen LogP contribution is 2.34. The zero-order chi connectivity index (χ0) is 25.3. The molecule has 11 heteroatoms. The first-order chi connectivity index (χ1) is 16.5. The van der Waals surface area contributed by atoms with Crippen LogP contribution in [0.2, 0.25) is 0 Å². The molecule has 0 saturated carbocycles. The molecule has 0 aliphatic heterocycles. The minimum atomic E-state index is -0.882. The summed E-state index contributed by atoms with van der Waals surface area (Å²) in [7, 11) is 0. The molecule has 35 heavy (non-hydrogen) atoms. The normalized spacial score (nSPS) is 11.4. The van der Waals surface area contributed by atoms with Gasteiger partial charge in [-0.15, -0.1) is 0 Å². The molecule has 2 heterocycles. The van der Waals surface area contributed by atoms with Crippen molar-refractivity contribution in [3.63, 3.8) is 0 Å². The van der Waals surface area contributed by atoms with E-state index < -0.39 is 23.5 Å². The van der Waals surface area contributed by atoms with Crippen LogP contribution in [0.25, 0.3) is 22.6 Å². The Hall–Kier alpha value is -4.41. The van der Waals surface area contributed by atoms with Gasteiger partial charge in [0.15, 0.2) is 0 Å². The van der Waals surface area contributed by atoms with Crippen LogP contribution in [0.3, 0.4) is 0 Å². The van der Waals surface area contributed by atoms with Gasteiger partial charge < -0.3 is 21.4 Å². The Bertz CT molecular complexity index is 1410. The number of aromatic nitrogens is 4. The second kappa shape index (κ2) is 9.09. The fourth-order valence-corrected chi connectivity index (χ4v) is 3.31. The van der Waals surface area contributed by atoms with Crippen LogP contribution in [0.4, 0.5) is 35.3 Å². The number of carbonyl (C=O) groups excluding carboxylic acids is 1. The molecular weight excluding hydrogens is 459 g/mol. The lowest BCUT2D eigenvalue weighted by Gasteiger charge is -2.14. The third-order valence-corrected chi connectivity index (χ3v) is 4.95. The summed E-state index contributed by atoms with van der Waals surface area (Å²) >= 11 is 0. The van der Waals surface area contributed by atoms with Crippen molar-refractivity contribution < 1.29 is 18.0 Å². The fraction of sp³-hybridized carbons (Fsp3) is 0.167. The van der Waals surface area contributed by atoms with Crippen molar-refractivity contribution in [1.29, 1.82) is 0 Å². The molecule has 0 radical (unpaired) electrons. The van der Waals surface area contributed by atoms with Gasteiger partial charge in [0, 0.05) is 28.9 Å². The number of urea groups is 1. The van der Waals surface area contributed by atoms with E-state index in [0.717, 1.165) is 24.3 Å². The molecule has 4 aromatic rings. The van der Waals surface area contributed by atoms with Crippen LogP contribution in [0.1, 0.15) is 26.6 Å². The number of hydrogen-bond acceptors (Lipinski definition) is 5. The fourth-order valence-electron chi connectivity index (χ4n) is 3.31. The molecule has 0 bridgehead atoms. The molecule has 0 saturated heterocycles. The Kier molecular flexibility index (Phi) is 6.16. The van der Waals surface area contributed by atoms with Crippen molar-refractivity contribution in [2.45, 2.75) is 26.2 Å². The lowest BCUT2D eigenvalue weighted by Crippen LogP contribution is -2.20. The summed E-state index contributed by atoms with van der Waals surface area (Å²) in [6.07, 6.45) is 1.49. The number of nitrogen functional groups attached to an aromatic ring is 1. The van der Waals surface area contributed by atoms with E-state index >= 15 is 0 Å². The monoisotopic (exact) mass is 481 g/mol. The van der Waals surface area contributed by atoms with Gasteiger partial charge in [0.25, 0.3) is 0 Å². The van der Waals surface area contributed by atoms with Crippen LogP contribution in [0, 0.1) is 17.5 Å². The number of anilines is 3. The smallest absolute Gasteiger partial charge is 0.323 e. The molecule has 2 aromatic heterocycles. The molecule has 4 rings (SSSR count). The van der Waals surface area contributed by atoms with Crippen molar-refractivity contribution in [2.75, 3.05) is 16.4 Å². The third-order valence-electron chi connectivity index (χ3n) is 4.95. The minimum absolute atomic E-state index is 0.0585. The third kappa shape index (κ3) is 5.40. The van der Waals surface area contributed by atoms with E-state index in [1.54, 1.807) is 6.07 Å². The predicted molar refractivity (Wildman–Crippen MR) is 127 cm³/mol. The number of nitrogens with zero attached hydrogens (tertiary/aromatic N) is 3. The molecule has 2 aromatic carbocycles. The van der Waals surface area contributed by atoms with Crippen molar-refractivity contribution in [3.05, 3.63) is 71.9 Å². The summed E-state index contributed by atoms with van der Waals surface area (Å²) in [5, 5.41) is 4.64. The highest BCUT2D eigenvalue weighted by atomic mass is 19.1. The van der Waals surface area contributed by atoms with Crippen molar-refractivity contribution in [2.24, 2.45) is 0 Å². The van der Waals surface area contributed by atoms with Gasteiger partial charge in [-0.2, -0.15) is 0 Å². The summed E-state index contributed by atoms with van der Waals surface area (Å²) in [6.45, 7) is 5.88. The molecule has 8 nitrogen and oxygen atoms in total. The summed E-state index contributed by atoms with van der Waals surface area (Å²) in [6, 6.07) is 7.25. The SMILES string of the molecule is CC(C)(C)c1nc(-c2cc(F)cc(NC(=O)Nc3cc(F)ccc3F)c2)c(-c2ccnc(N)n2)[nH]1. The summed E-state index contributed by atoms with van der Waals surface area (Å²) < 4.78 is 41.8. The summed E-state index contributed by atoms with van der Waals surface area (Å²) in [5.41, 5.74) is 6.76. The standard InChI is InChI=1S/C24H22F3N7O/c1-24(2,3)21-33-19(20(34-21)17-6-7-29-22(28)31-17)12-8-14(26)10-15(9-12)30-23(35)32-18-11-13(25)4-5-16(18)27/h4-11H,1-3H3,(H,33,34)(H2,28,29,31)(H2,30,32,35). The lowest BCUT2D eigenvalue weighted by molar-refractivity contribution is 0.262. The maximum atomic E-state index is 14.6. The van der Waals surface area contributed by atoms with Gasteiger partial charge in [0.05, 0.1) is 22.8 Å². The van der Waals surface area contributed by atoms with Crippen molar-refractivity contribution in [3.8, 4) is 22.6 Å². The molecular formula is C24H22F3N7O. The van der Waals surface area contributed by atoms with Gasteiger partial charge in [-0.3, -0.25) is 0 Å². The molecule has 0 aliphatic rings. The van der Waals surface area contributed by atoms with Crippen molar-refractivity contribution in [1.82, 2.24) is 19.9 Å². The first-order valence-electron chi connectivity index (χ1n) is 10.5. The van der Waals surface area contributed by atoms with Crippen LogP contribution in [0.5, 0.6) is 0 Å². The molecule has 0 atom stereocenters. The highest BCUT2D eigenvalue weighted by Gasteiger charge is 2.24.